The highest BCUT2D eigenvalue weighted by Gasteiger charge is 2.15. The van der Waals surface area contributed by atoms with E-state index in [0.29, 0.717) is 38.7 Å². The van der Waals surface area contributed by atoms with Crippen molar-refractivity contribution >= 4 is 58.7 Å². The van der Waals surface area contributed by atoms with E-state index in [0.717, 1.165) is 11.6 Å². The van der Waals surface area contributed by atoms with E-state index in [1.165, 1.54) is 6.08 Å². The quantitative estimate of drug-likeness (QED) is 0.383. The number of imide groups is 1. The number of esters is 1. The maximum absolute atomic E-state index is 12.0. The first-order valence-corrected chi connectivity index (χ1v) is 10.8. The molecule has 1 aromatic carbocycles. The number of ether oxygens (including phenoxy) is 1. The van der Waals surface area contributed by atoms with Gasteiger partial charge in [-0.2, -0.15) is 5.10 Å². The number of aryl methyl sites for hydroxylation is 2. The number of aromatic nitrogens is 3. The number of nitrogens with one attached hydrogen (secondary N) is 1. The molecule has 1 N–H and O–H groups in total. The van der Waals surface area contributed by atoms with Gasteiger partial charge in [0.1, 0.15) is 10.8 Å². The molecule has 2 aromatic heterocycles. The molecule has 0 bridgehead atoms. The molecular formula is C22H19Cl3N4O4. The lowest BCUT2D eigenvalue weighted by atomic mass is 10.2. The minimum atomic E-state index is -0.777. The SMILES string of the molecule is Cc1nn(Cc2ccc(Cl)cc2Cl)c(Cl)c1/C=C/C(=O)OCC(=O)NC(=O)c1cccn1C. The summed E-state index contributed by atoms with van der Waals surface area (Å²) in [5.41, 5.74) is 2.18. The fourth-order valence-electron chi connectivity index (χ4n) is 2.93. The van der Waals surface area contributed by atoms with E-state index in [-0.39, 0.29) is 0 Å². The predicted octanol–water partition coefficient (Wildman–Crippen LogP) is 4.05. The van der Waals surface area contributed by atoms with Crippen LogP contribution in [0.25, 0.3) is 6.08 Å². The highest BCUT2D eigenvalue weighted by atomic mass is 35.5. The van der Waals surface area contributed by atoms with E-state index < -0.39 is 24.4 Å². The van der Waals surface area contributed by atoms with Crippen LogP contribution >= 0.6 is 34.8 Å². The molecule has 0 spiro atoms. The lowest BCUT2D eigenvalue weighted by Crippen LogP contribution is -2.34. The fraction of sp³-hybridized carbons (Fsp3) is 0.182. The highest BCUT2D eigenvalue weighted by molar-refractivity contribution is 6.35. The maximum atomic E-state index is 12.0. The number of nitrogens with zero attached hydrogens (tertiary/aromatic N) is 3. The van der Waals surface area contributed by atoms with Crippen molar-refractivity contribution in [3.05, 3.63) is 80.3 Å². The van der Waals surface area contributed by atoms with Crippen LogP contribution in [0, 0.1) is 6.92 Å². The number of halogens is 3. The Morgan fingerprint density at radius 3 is 2.61 bits per heavy atom. The second-order valence-corrected chi connectivity index (χ2v) is 8.21. The van der Waals surface area contributed by atoms with Crippen LogP contribution in [0.4, 0.5) is 0 Å². The van der Waals surface area contributed by atoms with Gasteiger partial charge in [-0.05, 0) is 42.8 Å². The topological polar surface area (TPSA) is 95.2 Å². The third-order valence-corrected chi connectivity index (χ3v) is 5.59. The second-order valence-electron chi connectivity index (χ2n) is 7.01. The lowest BCUT2D eigenvalue weighted by molar-refractivity contribution is -0.143. The molecule has 11 heteroatoms. The molecule has 0 radical (unpaired) electrons. The van der Waals surface area contributed by atoms with Gasteiger partial charge in [0.15, 0.2) is 6.61 Å². The van der Waals surface area contributed by atoms with Crippen LogP contribution in [0.1, 0.15) is 27.3 Å². The van der Waals surface area contributed by atoms with Crippen LogP contribution in [0.5, 0.6) is 0 Å². The van der Waals surface area contributed by atoms with E-state index in [1.807, 2.05) is 0 Å². The molecule has 0 aliphatic heterocycles. The molecule has 0 aliphatic rings. The van der Waals surface area contributed by atoms with Gasteiger partial charge >= 0.3 is 5.97 Å². The molecule has 0 atom stereocenters. The maximum Gasteiger partial charge on any atom is 0.331 e. The van der Waals surface area contributed by atoms with Crippen molar-refractivity contribution in [3.63, 3.8) is 0 Å². The number of hydrogen-bond acceptors (Lipinski definition) is 5. The Kier molecular flexibility index (Phi) is 7.97. The summed E-state index contributed by atoms with van der Waals surface area (Å²) in [6.07, 6.45) is 4.24. The van der Waals surface area contributed by atoms with Gasteiger partial charge in [0.05, 0.1) is 12.2 Å². The van der Waals surface area contributed by atoms with Crippen LogP contribution in [-0.4, -0.2) is 38.7 Å². The Labute approximate surface area is 204 Å². The molecule has 8 nitrogen and oxygen atoms in total. The van der Waals surface area contributed by atoms with Crippen molar-refractivity contribution in [3.8, 4) is 0 Å². The van der Waals surface area contributed by atoms with E-state index in [1.54, 1.807) is 59.7 Å². The summed E-state index contributed by atoms with van der Waals surface area (Å²) < 4.78 is 7.99. The van der Waals surface area contributed by atoms with Crippen LogP contribution in [0.3, 0.4) is 0 Å². The van der Waals surface area contributed by atoms with Crippen LogP contribution < -0.4 is 5.32 Å². The summed E-state index contributed by atoms with van der Waals surface area (Å²) in [4.78, 5) is 35.9. The average molecular weight is 510 g/mol. The summed E-state index contributed by atoms with van der Waals surface area (Å²) >= 11 is 18.6. The van der Waals surface area contributed by atoms with Crippen LogP contribution in [-0.2, 0) is 27.9 Å². The smallest absolute Gasteiger partial charge is 0.331 e. The summed E-state index contributed by atoms with van der Waals surface area (Å²) in [6.45, 7) is 1.43. The molecule has 0 fully saturated rings. The first-order valence-electron chi connectivity index (χ1n) is 9.63. The van der Waals surface area contributed by atoms with Gasteiger partial charge in [-0.1, -0.05) is 40.9 Å². The van der Waals surface area contributed by atoms with Gasteiger partial charge in [-0.3, -0.25) is 14.9 Å². The summed E-state index contributed by atoms with van der Waals surface area (Å²) in [7, 11) is 1.67. The third kappa shape index (κ3) is 6.25. The summed E-state index contributed by atoms with van der Waals surface area (Å²) in [6, 6.07) is 8.35. The number of rotatable bonds is 7. The number of amides is 2. The van der Waals surface area contributed by atoms with E-state index in [9.17, 15) is 14.4 Å². The van der Waals surface area contributed by atoms with Gasteiger partial charge in [-0.25, -0.2) is 9.48 Å². The van der Waals surface area contributed by atoms with Crippen molar-refractivity contribution in [1.82, 2.24) is 19.7 Å². The van der Waals surface area contributed by atoms with Gasteiger partial charge in [0.2, 0.25) is 0 Å². The minimum Gasteiger partial charge on any atom is -0.452 e. The van der Waals surface area contributed by atoms with Crippen LogP contribution in [0.2, 0.25) is 15.2 Å². The van der Waals surface area contributed by atoms with Crippen molar-refractivity contribution in [2.45, 2.75) is 13.5 Å². The molecule has 0 saturated carbocycles. The predicted molar refractivity (Wildman–Crippen MR) is 125 cm³/mol. The Morgan fingerprint density at radius 2 is 1.94 bits per heavy atom. The molecule has 172 valence electrons. The molecule has 33 heavy (non-hydrogen) atoms. The normalized spacial score (nSPS) is 11.1. The Hall–Kier alpha value is -3.07. The number of carbonyl (C=O) groups excluding carboxylic acids is 3. The number of hydrogen-bond donors (Lipinski definition) is 1. The third-order valence-electron chi connectivity index (χ3n) is 4.61. The van der Waals surface area contributed by atoms with E-state index in [2.05, 4.69) is 10.4 Å². The second kappa shape index (κ2) is 10.7. The first kappa shape index (κ1) is 24.6. The Morgan fingerprint density at radius 1 is 1.18 bits per heavy atom. The van der Waals surface area contributed by atoms with Crippen molar-refractivity contribution < 1.29 is 19.1 Å². The van der Waals surface area contributed by atoms with Gasteiger partial charge in [-0.15, -0.1) is 0 Å². The number of benzene rings is 1. The Balaban J connectivity index is 1.58. The van der Waals surface area contributed by atoms with Crippen LogP contribution in [0.15, 0.2) is 42.6 Å². The standard InChI is InChI=1S/C22H19Cl3N4O4/c1-13-16(21(25)29(27-13)11-14-5-6-15(23)10-17(14)24)7-8-20(31)33-12-19(30)26-22(32)18-4-3-9-28(18)2/h3-10H,11-12H2,1-2H3,(H,26,30,32)/b8-7+. The van der Waals surface area contributed by atoms with E-state index >= 15 is 0 Å². The molecule has 3 aromatic rings. The van der Waals surface area contributed by atoms with Gasteiger partial charge in [0.25, 0.3) is 11.8 Å². The molecule has 0 saturated heterocycles. The summed E-state index contributed by atoms with van der Waals surface area (Å²) in [5.74, 6) is -2.11. The highest BCUT2D eigenvalue weighted by Crippen LogP contribution is 2.26. The van der Waals surface area contributed by atoms with Gasteiger partial charge < -0.3 is 9.30 Å². The monoisotopic (exact) mass is 508 g/mol. The molecule has 0 unspecified atom stereocenters. The molecular weight excluding hydrogens is 491 g/mol. The molecule has 0 aliphatic carbocycles. The van der Waals surface area contributed by atoms with Crippen molar-refractivity contribution in [2.24, 2.45) is 7.05 Å². The van der Waals surface area contributed by atoms with Crippen molar-refractivity contribution in [1.29, 1.82) is 0 Å². The summed E-state index contributed by atoms with van der Waals surface area (Å²) in [5, 5.41) is 7.83. The molecule has 2 heterocycles. The Bertz CT molecular complexity index is 1250. The molecule has 3 rings (SSSR count). The zero-order chi connectivity index (χ0) is 24.1. The number of carbonyl (C=O) groups is 3. The van der Waals surface area contributed by atoms with Crippen molar-refractivity contribution in [2.75, 3.05) is 6.61 Å². The lowest BCUT2D eigenvalue weighted by Gasteiger charge is -2.06. The van der Waals surface area contributed by atoms with E-state index in [4.69, 9.17) is 39.5 Å². The minimum absolute atomic E-state index is 0.300. The molecule has 2 amide bonds. The zero-order valence-corrected chi connectivity index (χ0v) is 19.9. The first-order chi connectivity index (χ1) is 15.7. The van der Waals surface area contributed by atoms with Gasteiger partial charge in [0, 0.05) is 34.9 Å². The fourth-order valence-corrected chi connectivity index (χ4v) is 3.70. The largest absolute Gasteiger partial charge is 0.452 e. The zero-order valence-electron chi connectivity index (χ0n) is 17.6. The average Bonchev–Trinajstić information content (AvgIpc) is 3.30.